The van der Waals surface area contributed by atoms with Gasteiger partial charge < -0.3 is 10.2 Å². The van der Waals surface area contributed by atoms with Crippen molar-refractivity contribution in [3.05, 3.63) is 47.3 Å². The third-order valence-corrected chi connectivity index (χ3v) is 4.57. The maximum absolute atomic E-state index is 12.9. The number of carbonyl (C=O) groups is 1. The van der Waals surface area contributed by atoms with Crippen LogP contribution in [0.2, 0.25) is 0 Å². The summed E-state index contributed by atoms with van der Waals surface area (Å²) >= 11 is 0. The summed E-state index contributed by atoms with van der Waals surface area (Å²) < 4.78 is 1.86. The van der Waals surface area contributed by atoms with Crippen LogP contribution in [0.1, 0.15) is 28.2 Å². The van der Waals surface area contributed by atoms with E-state index in [1.165, 1.54) is 0 Å². The Bertz CT molecular complexity index is 693. The molecule has 1 amide bonds. The molecule has 1 aliphatic heterocycles. The Hall–Kier alpha value is -2.14. The van der Waals surface area contributed by atoms with E-state index >= 15 is 0 Å². The first-order chi connectivity index (χ1) is 11.1. The molecule has 1 atom stereocenters. The van der Waals surface area contributed by atoms with Crippen molar-refractivity contribution in [3.8, 4) is 5.69 Å². The molecule has 0 bridgehead atoms. The smallest absolute Gasteiger partial charge is 0.257 e. The van der Waals surface area contributed by atoms with E-state index in [9.17, 15) is 4.79 Å². The third-order valence-electron chi connectivity index (χ3n) is 4.57. The van der Waals surface area contributed by atoms with Crippen LogP contribution in [-0.2, 0) is 0 Å². The largest absolute Gasteiger partial charge is 0.338 e. The Morgan fingerprint density at radius 3 is 2.74 bits per heavy atom. The average molecular weight is 312 g/mol. The molecule has 0 saturated carbocycles. The second-order valence-corrected chi connectivity index (χ2v) is 6.26. The van der Waals surface area contributed by atoms with Gasteiger partial charge in [-0.05, 0) is 51.9 Å². The number of hydrogen-bond acceptors (Lipinski definition) is 3. The van der Waals surface area contributed by atoms with Gasteiger partial charge in [-0.1, -0.05) is 18.2 Å². The lowest BCUT2D eigenvalue weighted by Gasteiger charge is -2.17. The molecule has 1 aromatic carbocycles. The molecule has 1 N–H and O–H groups in total. The predicted octanol–water partition coefficient (Wildman–Crippen LogP) is 2.17. The topological polar surface area (TPSA) is 50.2 Å². The molecule has 5 nitrogen and oxygen atoms in total. The van der Waals surface area contributed by atoms with Gasteiger partial charge in [0.2, 0.25) is 0 Å². The minimum atomic E-state index is 0.112. The van der Waals surface area contributed by atoms with Crippen LogP contribution in [0.25, 0.3) is 5.69 Å². The number of nitrogens with zero attached hydrogens (tertiary/aromatic N) is 3. The van der Waals surface area contributed by atoms with Crippen molar-refractivity contribution in [1.82, 2.24) is 20.0 Å². The lowest BCUT2D eigenvalue weighted by atomic mass is 10.1. The van der Waals surface area contributed by atoms with Crippen molar-refractivity contribution >= 4 is 5.91 Å². The highest BCUT2D eigenvalue weighted by Crippen LogP contribution is 2.23. The van der Waals surface area contributed by atoms with E-state index in [1.54, 1.807) is 0 Å². The van der Waals surface area contributed by atoms with Gasteiger partial charge in [-0.2, -0.15) is 5.10 Å². The van der Waals surface area contributed by atoms with Crippen LogP contribution < -0.4 is 5.32 Å². The van der Waals surface area contributed by atoms with Gasteiger partial charge in [-0.15, -0.1) is 0 Å². The molecule has 2 heterocycles. The highest BCUT2D eigenvalue weighted by molar-refractivity contribution is 5.96. The number of carbonyl (C=O) groups excluding carboxylic acids is 1. The van der Waals surface area contributed by atoms with Crippen LogP contribution >= 0.6 is 0 Å². The van der Waals surface area contributed by atoms with Crippen LogP contribution in [0, 0.1) is 19.8 Å². The summed E-state index contributed by atoms with van der Waals surface area (Å²) in [5, 5.41) is 7.79. The van der Waals surface area contributed by atoms with Crippen molar-refractivity contribution in [2.24, 2.45) is 5.92 Å². The Morgan fingerprint density at radius 1 is 1.30 bits per heavy atom. The Balaban J connectivity index is 1.86. The number of amides is 1. The van der Waals surface area contributed by atoms with Crippen molar-refractivity contribution in [1.29, 1.82) is 0 Å². The van der Waals surface area contributed by atoms with Gasteiger partial charge in [0.15, 0.2) is 0 Å². The van der Waals surface area contributed by atoms with E-state index in [4.69, 9.17) is 0 Å². The summed E-state index contributed by atoms with van der Waals surface area (Å²) in [4.78, 5) is 14.9. The summed E-state index contributed by atoms with van der Waals surface area (Å²) in [6, 6.07) is 9.96. The zero-order chi connectivity index (χ0) is 16.4. The minimum Gasteiger partial charge on any atom is -0.338 e. The summed E-state index contributed by atoms with van der Waals surface area (Å²) in [7, 11) is 1.96. The summed E-state index contributed by atoms with van der Waals surface area (Å²) in [6.07, 6.45) is 1.07. The molecule has 3 rings (SSSR count). The van der Waals surface area contributed by atoms with Gasteiger partial charge in [-0.3, -0.25) is 4.79 Å². The molecule has 1 aromatic heterocycles. The zero-order valence-electron chi connectivity index (χ0n) is 14.0. The van der Waals surface area contributed by atoms with Crippen LogP contribution in [-0.4, -0.2) is 47.3 Å². The van der Waals surface area contributed by atoms with Gasteiger partial charge in [-0.25, -0.2) is 4.68 Å². The Morgan fingerprint density at radius 2 is 2.04 bits per heavy atom. The quantitative estimate of drug-likeness (QED) is 0.941. The fourth-order valence-electron chi connectivity index (χ4n) is 3.40. The van der Waals surface area contributed by atoms with E-state index in [0.29, 0.717) is 5.92 Å². The molecular weight excluding hydrogens is 288 g/mol. The molecule has 0 spiro atoms. The molecule has 23 heavy (non-hydrogen) atoms. The molecule has 1 saturated heterocycles. The summed E-state index contributed by atoms with van der Waals surface area (Å²) in [6.45, 7) is 6.52. The number of likely N-dealkylation sites (tertiary alicyclic amines) is 1. The molecule has 0 aliphatic carbocycles. The molecular formula is C18H24N4O. The van der Waals surface area contributed by atoms with Gasteiger partial charge >= 0.3 is 0 Å². The van der Waals surface area contributed by atoms with E-state index < -0.39 is 0 Å². The van der Waals surface area contributed by atoms with E-state index in [1.807, 2.05) is 60.8 Å². The maximum Gasteiger partial charge on any atom is 0.257 e. The molecule has 1 fully saturated rings. The molecule has 1 aliphatic rings. The van der Waals surface area contributed by atoms with Crippen molar-refractivity contribution < 1.29 is 4.79 Å². The van der Waals surface area contributed by atoms with E-state index in [2.05, 4.69) is 10.4 Å². The molecule has 1 unspecified atom stereocenters. The number of benzene rings is 1. The summed E-state index contributed by atoms with van der Waals surface area (Å²) in [5.41, 5.74) is 3.45. The highest BCUT2D eigenvalue weighted by atomic mass is 16.2. The minimum absolute atomic E-state index is 0.112. The van der Waals surface area contributed by atoms with Crippen molar-refractivity contribution in [3.63, 3.8) is 0 Å². The number of rotatable bonds is 4. The lowest BCUT2D eigenvalue weighted by Crippen LogP contribution is -2.31. The average Bonchev–Trinajstić information content (AvgIpc) is 3.13. The standard InChI is InChI=1S/C18H24N4O/c1-13-17(18(23)21-10-9-15(12-21)11-19-3)14(2)22(20-13)16-7-5-4-6-8-16/h4-8,15,19H,9-12H2,1-3H3. The number of para-hydroxylation sites is 1. The molecule has 2 aromatic rings. The SMILES string of the molecule is CNCC1CCN(C(=O)c2c(C)nn(-c3ccccc3)c2C)C1. The van der Waals surface area contributed by atoms with Gasteiger partial charge in [0.1, 0.15) is 0 Å². The maximum atomic E-state index is 12.9. The fraction of sp³-hybridized carbons (Fsp3) is 0.444. The van der Waals surface area contributed by atoms with E-state index in [0.717, 1.165) is 48.7 Å². The van der Waals surface area contributed by atoms with Gasteiger partial charge in [0.25, 0.3) is 5.91 Å². The first-order valence-electron chi connectivity index (χ1n) is 8.17. The van der Waals surface area contributed by atoms with Gasteiger partial charge in [0.05, 0.1) is 22.6 Å². The lowest BCUT2D eigenvalue weighted by molar-refractivity contribution is 0.0785. The normalized spacial score (nSPS) is 17.7. The monoisotopic (exact) mass is 312 g/mol. The van der Waals surface area contributed by atoms with Crippen LogP contribution in [0.3, 0.4) is 0 Å². The van der Waals surface area contributed by atoms with E-state index in [-0.39, 0.29) is 5.91 Å². The Labute approximate surface area is 137 Å². The van der Waals surface area contributed by atoms with Gasteiger partial charge in [0, 0.05) is 13.1 Å². The third kappa shape index (κ3) is 3.01. The number of hydrogen-bond donors (Lipinski definition) is 1. The molecule has 5 heteroatoms. The number of nitrogens with one attached hydrogen (secondary N) is 1. The second-order valence-electron chi connectivity index (χ2n) is 6.26. The van der Waals surface area contributed by atoms with Crippen LogP contribution in [0.5, 0.6) is 0 Å². The number of aryl methyl sites for hydroxylation is 1. The second kappa shape index (κ2) is 6.54. The first-order valence-corrected chi connectivity index (χ1v) is 8.17. The fourth-order valence-corrected chi connectivity index (χ4v) is 3.40. The number of aromatic nitrogens is 2. The van der Waals surface area contributed by atoms with Crippen molar-refractivity contribution in [2.45, 2.75) is 20.3 Å². The zero-order valence-corrected chi connectivity index (χ0v) is 14.0. The first kappa shape index (κ1) is 15.7. The van der Waals surface area contributed by atoms with Crippen molar-refractivity contribution in [2.75, 3.05) is 26.7 Å². The van der Waals surface area contributed by atoms with Crippen LogP contribution in [0.4, 0.5) is 0 Å². The van der Waals surface area contributed by atoms with Crippen LogP contribution in [0.15, 0.2) is 30.3 Å². The molecule has 122 valence electrons. The summed E-state index contributed by atoms with van der Waals surface area (Å²) in [5.74, 6) is 0.662. The highest BCUT2D eigenvalue weighted by Gasteiger charge is 2.30. The Kier molecular flexibility index (Phi) is 4.48. The predicted molar refractivity (Wildman–Crippen MR) is 91.0 cm³/mol. The molecule has 0 radical (unpaired) electrons.